The second kappa shape index (κ2) is 6.36. The summed E-state index contributed by atoms with van der Waals surface area (Å²) in [6.45, 7) is 3.67. The van der Waals surface area contributed by atoms with Gasteiger partial charge in [0.15, 0.2) is 0 Å². The number of rotatable bonds is 3. The molecule has 3 rings (SSSR count). The molecule has 0 saturated carbocycles. The summed E-state index contributed by atoms with van der Waals surface area (Å²) in [6, 6.07) is 5.57. The van der Waals surface area contributed by atoms with E-state index >= 15 is 0 Å². The molecule has 7 heteroatoms. The molecule has 0 aliphatic carbocycles. The summed E-state index contributed by atoms with van der Waals surface area (Å²) in [6.07, 6.45) is -4.37. The Labute approximate surface area is 130 Å². The van der Waals surface area contributed by atoms with Crippen LogP contribution in [0, 0.1) is 0 Å². The fraction of sp³-hybridized carbons (Fsp3) is 0.400. The van der Waals surface area contributed by atoms with Crippen molar-refractivity contribution in [3.05, 3.63) is 40.9 Å². The first-order valence-corrected chi connectivity index (χ1v) is 7.83. The highest BCUT2D eigenvalue weighted by Crippen LogP contribution is 2.37. The van der Waals surface area contributed by atoms with Crippen molar-refractivity contribution in [2.24, 2.45) is 0 Å². The summed E-state index contributed by atoms with van der Waals surface area (Å²) in [4.78, 5) is 6.58. The monoisotopic (exact) mass is 328 g/mol. The smallest absolute Gasteiger partial charge is 0.379 e. The van der Waals surface area contributed by atoms with Crippen molar-refractivity contribution in [3.63, 3.8) is 0 Å². The molecule has 0 atom stereocenters. The van der Waals surface area contributed by atoms with E-state index < -0.39 is 11.7 Å². The zero-order valence-electron chi connectivity index (χ0n) is 11.8. The number of aromatic nitrogens is 1. The summed E-state index contributed by atoms with van der Waals surface area (Å²) in [7, 11) is 0. The fourth-order valence-corrected chi connectivity index (χ4v) is 3.26. The minimum Gasteiger partial charge on any atom is -0.379 e. The van der Waals surface area contributed by atoms with Crippen LogP contribution in [0.25, 0.3) is 10.6 Å². The van der Waals surface area contributed by atoms with Gasteiger partial charge < -0.3 is 4.74 Å². The number of morpholine rings is 1. The molecule has 1 fully saturated rings. The van der Waals surface area contributed by atoms with Gasteiger partial charge in [-0.1, -0.05) is 18.2 Å². The normalized spacial score (nSPS) is 16.9. The maximum Gasteiger partial charge on any atom is 0.417 e. The van der Waals surface area contributed by atoms with Crippen LogP contribution in [0.5, 0.6) is 0 Å². The van der Waals surface area contributed by atoms with E-state index in [0.717, 1.165) is 24.8 Å². The summed E-state index contributed by atoms with van der Waals surface area (Å²) in [5, 5.41) is 2.24. The van der Waals surface area contributed by atoms with E-state index in [1.165, 1.54) is 23.5 Å². The highest BCUT2D eigenvalue weighted by Gasteiger charge is 2.34. The number of thiazole rings is 1. The van der Waals surface area contributed by atoms with Crippen molar-refractivity contribution in [2.45, 2.75) is 12.7 Å². The van der Waals surface area contributed by atoms with Gasteiger partial charge in [0.2, 0.25) is 0 Å². The third kappa shape index (κ3) is 3.48. The van der Waals surface area contributed by atoms with Crippen LogP contribution in [-0.2, 0) is 17.5 Å². The first kappa shape index (κ1) is 15.5. The van der Waals surface area contributed by atoms with E-state index in [1.54, 1.807) is 6.07 Å². The lowest BCUT2D eigenvalue weighted by Gasteiger charge is -2.25. The molecular weight excluding hydrogens is 313 g/mol. The van der Waals surface area contributed by atoms with E-state index in [2.05, 4.69) is 9.88 Å². The first-order valence-electron chi connectivity index (χ1n) is 6.95. The molecule has 118 valence electrons. The molecule has 1 aromatic carbocycles. The number of nitrogens with zero attached hydrogens (tertiary/aromatic N) is 2. The second-order valence-corrected chi connectivity index (χ2v) is 5.93. The Kier molecular flexibility index (Phi) is 4.46. The number of benzene rings is 1. The molecule has 1 aliphatic rings. The van der Waals surface area contributed by atoms with Crippen molar-refractivity contribution in [2.75, 3.05) is 26.3 Å². The number of hydrogen-bond acceptors (Lipinski definition) is 4. The van der Waals surface area contributed by atoms with E-state index in [1.807, 2.05) is 5.38 Å². The van der Waals surface area contributed by atoms with Gasteiger partial charge >= 0.3 is 6.18 Å². The van der Waals surface area contributed by atoms with Crippen LogP contribution in [0.15, 0.2) is 29.6 Å². The maximum atomic E-state index is 13.1. The highest BCUT2D eigenvalue weighted by molar-refractivity contribution is 7.13. The van der Waals surface area contributed by atoms with Gasteiger partial charge in [0.1, 0.15) is 5.01 Å². The minimum atomic E-state index is -4.37. The first-order chi connectivity index (χ1) is 10.5. The van der Waals surface area contributed by atoms with Gasteiger partial charge in [0, 0.05) is 30.6 Å². The molecule has 2 heterocycles. The molecule has 2 aromatic rings. The molecule has 0 bridgehead atoms. The molecule has 0 radical (unpaired) electrons. The molecule has 1 aliphatic heterocycles. The predicted octanol–water partition coefficient (Wildman–Crippen LogP) is 3.66. The standard InChI is InChI=1S/C15H15F3N2OS/c16-15(17,18)13-4-2-1-3-12(13)14-19-11(10-22-14)9-20-5-7-21-8-6-20/h1-4,10H,5-9H2. The third-order valence-electron chi connectivity index (χ3n) is 3.50. The molecular formula is C15H15F3N2OS. The van der Waals surface area contributed by atoms with Crippen molar-refractivity contribution in [3.8, 4) is 10.6 Å². The fourth-order valence-electron chi connectivity index (χ4n) is 2.41. The summed E-state index contributed by atoms with van der Waals surface area (Å²) < 4.78 is 44.5. The van der Waals surface area contributed by atoms with E-state index in [0.29, 0.717) is 24.8 Å². The summed E-state index contributed by atoms with van der Waals surface area (Å²) in [5.74, 6) is 0. The predicted molar refractivity (Wildman–Crippen MR) is 78.6 cm³/mol. The molecule has 1 aromatic heterocycles. The third-order valence-corrected chi connectivity index (χ3v) is 4.43. The zero-order valence-corrected chi connectivity index (χ0v) is 12.6. The lowest BCUT2D eigenvalue weighted by molar-refractivity contribution is -0.137. The average Bonchev–Trinajstić information content (AvgIpc) is 2.96. The van der Waals surface area contributed by atoms with Crippen LogP contribution in [0.4, 0.5) is 13.2 Å². The summed E-state index contributed by atoms with van der Waals surface area (Å²) >= 11 is 1.25. The van der Waals surface area contributed by atoms with Gasteiger partial charge in [-0.25, -0.2) is 4.98 Å². The SMILES string of the molecule is FC(F)(F)c1ccccc1-c1nc(CN2CCOCC2)cs1. The Morgan fingerprint density at radius 3 is 2.64 bits per heavy atom. The molecule has 0 amide bonds. The van der Waals surface area contributed by atoms with Gasteiger partial charge in [0.25, 0.3) is 0 Å². The van der Waals surface area contributed by atoms with Crippen molar-refractivity contribution < 1.29 is 17.9 Å². The van der Waals surface area contributed by atoms with Crippen molar-refractivity contribution in [1.82, 2.24) is 9.88 Å². The van der Waals surface area contributed by atoms with E-state index in [-0.39, 0.29) is 5.56 Å². The molecule has 3 nitrogen and oxygen atoms in total. The van der Waals surface area contributed by atoms with Crippen LogP contribution < -0.4 is 0 Å². The molecule has 22 heavy (non-hydrogen) atoms. The van der Waals surface area contributed by atoms with Gasteiger partial charge in [-0.2, -0.15) is 13.2 Å². The van der Waals surface area contributed by atoms with E-state index in [4.69, 9.17) is 4.74 Å². The Hall–Kier alpha value is -1.44. The average molecular weight is 328 g/mol. The van der Waals surface area contributed by atoms with E-state index in [9.17, 15) is 13.2 Å². The minimum absolute atomic E-state index is 0.147. The number of halogens is 3. The highest BCUT2D eigenvalue weighted by atomic mass is 32.1. The molecule has 0 N–H and O–H groups in total. The van der Waals surface area contributed by atoms with Crippen LogP contribution in [0.2, 0.25) is 0 Å². The number of hydrogen-bond donors (Lipinski definition) is 0. The lowest BCUT2D eigenvalue weighted by atomic mass is 10.1. The van der Waals surface area contributed by atoms with Crippen LogP contribution in [-0.4, -0.2) is 36.2 Å². The van der Waals surface area contributed by atoms with Crippen molar-refractivity contribution in [1.29, 1.82) is 0 Å². The largest absolute Gasteiger partial charge is 0.417 e. The molecule has 0 spiro atoms. The molecule has 0 unspecified atom stereocenters. The Bertz CT molecular complexity index is 636. The Balaban J connectivity index is 1.82. The van der Waals surface area contributed by atoms with Gasteiger partial charge in [-0.3, -0.25) is 4.90 Å². The number of ether oxygens (including phenoxy) is 1. The lowest BCUT2D eigenvalue weighted by Crippen LogP contribution is -2.35. The topological polar surface area (TPSA) is 25.4 Å². The Morgan fingerprint density at radius 1 is 1.18 bits per heavy atom. The maximum absolute atomic E-state index is 13.1. The van der Waals surface area contributed by atoms with Gasteiger partial charge in [-0.05, 0) is 6.07 Å². The van der Waals surface area contributed by atoms with Crippen LogP contribution in [0.3, 0.4) is 0 Å². The number of alkyl halides is 3. The quantitative estimate of drug-likeness (QED) is 0.860. The summed E-state index contributed by atoms with van der Waals surface area (Å²) in [5.41, 5.74) is 0.314. The van der Waals surface area contributed by atoms with Crippen LogP contribution in [0.1, 0.15) is 11.3 Å². The van der Waals surface area contributed by atoms with Gasteiger partial charge in [-0.15, -0.1) is 11.3 Å². The van der Waals surface area contributed by atoms with Gasteiger partial charge in [0.05, 0.1) is 24.5 Å². The molecule has 1 saturated heterocycles. The zero-order chi connectivity index (χ0) is 15.6. The van der Waals surface area contributed by atoms with Crippen molar-refractivity contribution >= 4 is 11.3 Å². The second-order valence-electron chi connectivity index (χ2n) is 5.08. The Morgan fingerprint density at radius 2 is 1.91 bits per heavy atom. The van der Waals surface area contributed by atoms with Crippen LogP contribution >= 0.6 is 11.3 Å².